The van der Waals surface area contributed by atoms with E-state index in [2.05, 4.69) is 11.9 Å². The number of nitrogens with zero attached hydrogens (tertiary/aromatic N) is 6. The van der Waals surface area contributed by atoms with Crippen LogP contribution in [0.2, 0.25) is 0 Å². The lowest BCUT2D eigenvalue weighted by Gasteiger charge is -2.46. The molecule has 45 heavy (non-hydrogen) atoms. The Kier molecular flexibility index (Phi) is 8.81. The fourth-order valence-corrected chi connectivity index (χ4v) is 6.97. The van der Waals surface area contributed by atoms with Crippen molar-refractivity contribution in [3.8, 4) is 0 Å². The van der Waals surface area contributed by atoms with Gasteiger partial charge in [-0.05, 0) is 22.8 Å². The zero-order valence-corrected chi connectivity index (χ0v) is 26.3. The predicted octanol–water partition coefficient (Wildman–Crippen LogP) is 4.10. The van der Waals surface area contributed by atoms with Crippen LogP contribution >= 0.6 is 11.3 Å². The number of hydrogen-bond donors (Lipinski definition) is 1. The third kappa shape index (κ3) is 6.27. The Morgan fingerprint density at radius 3 is 2.42 bits per heavy atom. The van der Waals surface area contributed by atoms with Crippen LogP contribution in [0.3, 0.4) is 0 Å². The second-order valence-corrected chi connectivity index (χ2v) is 12.5. The Morgan fingerprint density at radius 1 is 1.02 bits per heavy atom. The lowest BCUT2D eigenvalue weighted by molar-refractivity contribution is -0.157. The quantitative estimate of drug-likeness (QED) is 0.268. The fraction of sp³-hybridized carbons (Fsp3) is 0.294. The molecule has 0 aliphatic carbocycles. The third-order valence-corrected chi connectivity index (χ3v) is 9.39. The maximum atomic E-state index is 14.2. The summed E-state index contributed by atoms with van der Waals surface area (Å²) in [4.78, 5) is 51.9. The van der Waals surface area contributed by atoms with E-state index in [1.165, 1.54) is 5.01 Å². The van der Waals surface area contributed by atoms with Crippen molar-refractivity contribution in [2.75, 3.05) is 38.6 Å². The van der Waals surface area contributed by atoms with Gasteiger partial charge in [-0.3, -0.25) is 14.6 Å². The van der Waals surface area contributed by atoms with Crippen molar-refractivity contribution in [1.82, 2.24) is 30.1 Å². The van der Waals surface area contributed by atoms with Crippen molar-refractivity contribution < 1.29 is 14.4 Å². The monoisotopic (exact) mass is 623 g/mol. The molecule has 2 aliphatic rings. The molecule has 2 saturated heterocycles. The smallest absolute Gasteiger partial charge is 0.332 e. The highest BCUT2D eigenvalue weighted by Gasteiger charge is 2.52. The van der Waals surface area contributed by atoms with Crippen molar-refractivity contribution in [3.05, 3.63) is 108 Å². The molecular weight excluding hydrogens is 586 g/mol. The Hall–Kier alpha value is -4.74. The number of aromatic nitrogens is 1. The van der Waals surface area contributed by atoms with Crippen LogP contribution in [0.1, 0.15) is 16.7 Å². The van der Waals surface area contributed by atoms with Crippen molar-refractivity contribution in [2.45, 2.75) is 31.7 Å². The van der Waals surface area contributed by atoms with Crippen LogP contribution in [0.15, 0.2) is 91.5 Å². The second-order valence-electron chi connectivity index (χ2n) is 11.5. The zero-order valence-electron chi connectivity index (χ0n) is 25.5. The Labute approximate surface area is 267 Å². The molecule has 6 rings (SSSR count). The summed E-state index contributed by atoms with van der Waals surface area (Å²) >= 11 is 1.61. The highest BCUT2D eigenvalue weighted by Crippen LogP contribution is 2.33. The number of para-hydroxylation sites is 1. The van der Waals surface area contributed by atoms with Gasteiger partial charge in [0.25, 0.3) is 0 Å². The van der Waals surface area contributed by atoms with E-state index in [-0.39, 0.29) is 37.5 Å². The predicted molar refractivity (Wildman–Crippen MR) is 176 cm³/mol. The van der Waals surface area contributed by atoms with E-state index >= 15 is 0 Å². The zero-order chi connectivity index (χ0) is 31.5. The van der Waals surface area contributed by atoms with Gasteiger partial charge in [-0.25, -0.2) is 9.78 Å². The van der Waals surface area contributed by atoms with E-state index in [1.54, 1.807) is 27.3 Å². The first-order valence-electron chi connectivity index (χ1n) is 15.0. The van der Waals surface area contributed by atoms with Crippen LogP contribution < -0.4 is 10.2 Å². The highest BCUT2D eigenvalue weighted by molar-refractivity contribution is 7.22. The summed E-state index contributed by atoms with van der Waals surface area (Å²) in [7, 11) is 3.93. The summed E-state index contributed by atoms with van der Waals surface area (Å²) in [6.45, 7) is 5.00. The largest absolute Gasteiger partial charge is 0.354 e. The molecule has 2 atom stereocenters. The molecule has 1 N–H and O–H groups in total. The van der Waals surface area contributed by atoms with Gasteiger partial charge in [0.2, 0.25) is 11.8 Å². The lowest BCUT2D eigenvalue weighted by Crippen LogP contribution is -2.66. The Balaban J connectivity index is 1.32. The number of rotatable bonds is 10. The van der Waals surface area contributed by atoms with Gasteiger partial charge in [-0.15, -0.1) is 6.58 Å². The third-order valence-electron chi connectivity index (χ3n) is 8.21. The summed E-state index contributed by atoms with van der Waals surface area (Å²) in [5.41, 5.74) is 3.74. The summed E-state index contributed by atoms with van der Waals surface area (Å²) in [5.74, 6) is -0.301. The van der Waals surface area contributed by atoms with Crippen LogP contribution in [0.5, 0.6) is 0 Å². The van der Waals surface area contributed by atoms with Crippen molar-refractivity contribution >= 4 is 44.5 Å². The SMILES string of the molecule is C=CCN(C(=O)NCc1ccccc1)N1CC(=O)N2[C@@H](Cc3ccccc3)C(=O)N(Cc3cccc4sc(N(C)C)nc34)C[C@@H]21. The number of thiazole rings is 1. The van der Waals surface area contributed by atoms with Crippen LogP contribution in [-0.2, 0) is 29.1 Å². The van der Waals surface area contributed by atoms with Gasteiger partial charge >= 0.3 is 6.03 Å². The molecule has 2 aliphatic heterocycles. The average molecular weight is 624 g/mol. The molecule has 4 amide bonds. The van der Waals surface area contributed by atoms with Crippen LogP contribution in [-0.4, -0.2) is 88.6 Å². The van der Waals surface area contributed by atoms with Crippen LogP contribution in [0.4, 0.5) is 9.93 Å². The van der Waals surface area contributed by atoms with Crippen molar-refractivity contribution in [1.29, 1.82) is 0 Å². The molecule has 232 valence electrons. The van der Waals surface area contributed by atoms with E-state index in [0.29, 0.717) is 19.5 Å². The number of urea groups is 1. The lowest BCUT2D eigenvalue weighted by atomic mass is 10.00. The van der Waals surface area contributed by atoms with Gasteiger partial charge in [0.15, 0.2) is 5.13 Å². The number of piperazine rings is 1. The Morgan fingerprint density at radius 2 is 1.73 bits per heavy atom. The number of benzene rings is 3. The van der Waals surface area contributed by atoms with Gasteiger partial charge in [0.05, 0.1) is 29.9 Å². The molecule has 11 heteroatoms. The van der Waals surface area contributed by atoms with Crippen LogP contribution in [0.25, 0.3) is 10.2 Å². The molecule has 10 nitrogen and oxygen atoms in total. The van der Waals surface area contributed by atoms with Gasteiger partial charge in [-0.1, -0.05) is 90.2 Å². The number of anilines is 1. The molecule has 4 aromatic rings. The second kappa shape index (κ2) is 13.1. The maximum Gasteiger partial charge on any atom is 0.332 e. The number of hydrazine groups is 1. The van der Waals surface area contributed by atoms with E-state index in [1.807, 2.05) is 103 Å². The van der Waals surface area contributed by atoms with Gasteiger partial charge in [0, 0.05) is 33.6 Å². The van der Waals surface area contributed by atoms with Crippen LogP contribution in [0, 0.1) is 0 Å². The number of nitrogens with one attached hydrogen (secondary N) is 1. The van der Waals surface area contributed by atoms with Crippen molar-refractivity contribution in [3.63, 3.8) is 0 Å². The number of carbonyl (C=O) groups is 3. The molecular formula is C34H37N7O3S. The summed E-state index contributed by atoms with van der Waals surface area (Å²) in [5, 5.41) is 7.21. The molecule has 3 aromatic carbocycles. The standard InChI is InChI=1S/C34H37N7O3S/c1-4-18-39(33(44)35-20-25-14-9-6-10-15-25)40-23-30(42)41-27(19-24-12-7-5-8-13-24)32(43)38(22-29(40)41)21-26-16-11-17-28-31(26)36-34(45-28)37(2)3/h4-17,27,29H,1,18-23H2,2-3H3,(H,35,44)/t27-,29+/m0/s1. The molecule has 0 spiro atoms. The fourth-order valence-electron chi connectivity index (χ4n) is 6.04. The van der Waals surface area contributed by atoms with Gasteiger partial charge in [0.1, 0.15) is 12.2 Å². The first kappa shape index (κ1) is 30.3. The van der Waals surface area contributed by atoms with E-state index in [4.69, 9.17) is 4.98 Å². The number of amides is 4. The molecule has 0 bridgehead atoms. The normalized spacial score (nSPS) is 18.3. The van der Waals surface area contributed by atoms with Gasteiger partial charge < -0.3 is 20.0 Å². The van der Waals surface area contributed by atoms with E-state index in [9.17, 15) is 14.4 Å². The van der Waals surface area contributed by atoms with Gasteiger partial charge in [-0.2, -0.15) is 5.01 Å². The summed E-state index contributed by atoms with van der Waals surface area (Å²) in [6, 6.07) is 24.4. The Bertz CT molecular complexity index is 1690. The first-order valence-corrected chi connectivity index (χ1v) is 15.8. The summed E-state index contributed by atoms with van der Waals surface area (Å²) in [6.07, 6.45) is 1.49. The molecule has 1 aromatic heterocycles. The molecule has 0 unspecified atom stereocenters. The highest BCUT2D eigenvalue weighted by atomic mass is 32.1. The number of hydrogen-bond acceptors (Lipinski definition) is 7. The maximum absolute atomic E-state index is 14.2. The molecule has 0 radical (unpaired) electrons. The van der Waals surface area contributed by atoms with E-state index < -0.39 is 12.2 Å². The number of fused-ring (bicyclic) bond motifs is 2. The average Bonchev–Trinajstić information content (AvgIpc) is 3.63. The number of carbonyl (C=O) groups excluding carboxylic acids is 3. The minimum Gasteiger partial charge on any atom is -0.354 e. The first-order chi connectivity index (χ1) is 21.8. The van der Waals surface area contributed by atoms with E-state index in [0.717, 1.165) is 32.0 Å². The van der Waals surface area contributed by atoms with Crippen molar-refractivity contribution in [2.24, 2.45) is 0 Å². The summed E-state index contributed by atoms with van der Waals surface area (Å²) < 4.78 is 1.05. The molecule has 0 saturated carbocycles. The minimum atomic E-state index is -0.714. The molecule has 2 fully saturated rings. The molecule has 3 heterocycles. The topological polar surface area (TPSA) is 92.3 Å². The minimum absolute atomic E-state index is 0.0163.